The van der Waals surface area contributed by atoms with Gasteiger partial charge >= 0.3 is 5.97 Å². The number of fused-ring (bicyclic) bond motifs is 3. The maximum Gasteiger partial charge on any atom is 0.320 e. The third kappa shape index (κ3) is 6.25. The number of carboxylic acid groups (broad SMARTS) is 1. The van der Waals surface area contributed by atoms with Crippen LogP contribution in [0, 0.1) is 5.41 Å². The highest BCUT2D eigenvalue weighted by molar-refractivity contribution is 7.90. The van der Waals surface area contributed by atoms with E-state index in [0.717, 1.165) is 5.56 Å². The van der Waals surface area contributed by atoms with E-state index in [2.05, 4.69) is 10.6 Å². The van der Waals surface area contributed by atoms with Crippen LogP contribution in [0.3, 0.4) is 0 Å². The van der Waals surface area contributed by atoms with Crippen molar-refractivity contribution in [3.05, 3.63) is 29.8 Å². The summed E-state index contributed by atoms with van der Waals surface area (Å²) in [6.45, 7) is 0.529. The molecule has 0 unspecified atom stereocenters. The van der Waals surface area contributed by atoms with Crippen molar-refractivity contribution in [1.29, 1.82) is 5.41 Å². The molecule has 1 atom stereocenters. The van der Waals surface area contributed by atoms with E-state index in [-0.39, 0.29) is 11.7 Å². The number of rotatable bonds is 6. The molecule has 2 aliphatic rings. The van der Waals surface area contributed by atoms with Gasteiger partial charge in [-0.05, 0) is 37.6 Å². The lowest BCUT2D eigenvalue weighted by Crippen LogP contribution is -2.36. The molecule has 0 fully saturated rings. The average Bonchev–Trinajstić information content (AvgIpc) is 2.47. The summed E-state index contributed by atoms with van der Waals surface area (Å²) in [6.07, 6.45) is 1.18. The number of carboxylic acids is 1. The molecule has 0 radical (unpaired) electrons. The highest BCUT2D eigenvalue weighted by atomic mass is 32.2. The first kappa shape index (κ1) is 18.9. The van der Waals surface area contributed by atoms with Gasteiger partial charge in [-0.1, -0.05) is 12.1 Å². The fourth-order valence-electron chi connectivity index (χ4n) is 2.02. The van der Waals surface area contributed by atoms with E-state index in [1.54, 1.807) is 19.2 Å². The largest absolute Gasteiger partial charge is 0.480 e. The standard InChI is InChI=1S/C7H16N4O2.C7H6O2S/c1-10-5(6(12)13)3-2-4-11-7(8)9;8-10(9)5-6-1-3-7(10)4-2-6/h5,10H,2-4H2,1H3,(H,12,13)(H4,8,9,11);1-4H,5H2/t5-;/m0./s1. The zero-order chi connectivity index (χ0) is 17.5. The molecule has 3 rings (SSSR count). The van der Waals surface area contributed by atoms with E-state index < -0.39 is 21.8 Å². The Balaban J connectivity index is 0.000000235. The summed E-state index contributed by atoms with van der Waals surface area (Å²) in [5, 5.41) is 20.8. The number of hydrogen-bond acceptors (Lipinski definition) is 5. The van der Waals surface area contributed by atoms with E-state index in [9.17, 15) is 13.2 Å². The van der Waals surface area contributed by atoms with E-state index in [1.165, 1.54) is 0 Å². The van der Waals surface area contributed by atoms with Crippen molar-refractivity contribution < 1.29 is 18.3 Å². The zero-order valence-corrected chi connectivity index (χ0v) is 13.7. The normalized spacial score (nSPS) is 15.2. The summed E-state index contributed by atoms with van der Waals surface area (Å²) in [5.41, 5.74) is 5.93. The van der Waals surface area contributed by atoms with Crippen LogP contribution in [0.1, 0.15) is 18.4 Å². The van der Waals surface area contributed by atoms with Crippen molar-refractivity contribution in [1.82, 2.24) is 10.6 Å². The molecule has 0 aliphatic carbocycles. The van der Waals surface area contributed by atoms with Crippen LogP contribution in [-0.2, 0) is 20.4 Å². The topological polar surface area (TPSA) is 145 Å². The van der Waals surface area contributed by atoms with Crippen LogP contribution in [-0.4, -0.2) is 45.1 Å². The number of hydrogen-bond donors (Lipinski definition) is 5. The average molecular weight is 342 g/mol. The molecule has 1 aromatic rings. The highest BCUT2D eigenvalue weighted by Gasteiger charge is 2.19. The van der Waals surface area contributed by atoms with Crippen molar-refractivity contribution in [2.75, 3.05) is 13.6 Å². The number of carbonyl (C=O) groups is 1. The number of aliphatic carboxylic acids is 1. The number of nitrogens with two attached hydrogens (primary N) is 1. The number of likely N-dealkylation sites (N-methyl/N-ethyl adjacent to an activating group) is 1. The Hall–Kier alpha value is -2.13. The monoisotopic (exact) mass is 342 g/mol. The molecule has 23 heavy (non-hydrogen) atoms. The van der Waals surface area contributed by atoms with Crippen molar-refractivity contribution in [2.24, 2.45) is 5.73 Å². The lowest BCUT2D eigenvalue weighted by molar-refractivity contribution is -0.139. The van der Waals surface area contributed by atoms with Gasteiger partial charge in [-0.25, -0.2) is 8.42 Å². The van der Waals surface area contributed by atoms with Gasteiger partial charge in [0.15, 0.2) is 15.8 Å². The molecule has 2 bridgehead atoms. The van der Waals surface area contributed by atoms with E-state index >= 15 is 0 Å². The van der Waals surface area contributed by atoms with Gasteiger partial charge in [0.25, 0.3) is 0 Å². The quantitative estimate of drug-likeness (QED) is 0.275. The third-order valence-corrected chi connectivity index (χ3v) is 4.97. The van der Waals surface area contributed by atoms with Crippen molar-refractivity contribution >= 4 is 21.8 Å². The first-order valence-corrected chi connectivity index (χ1v) is 8.71. The summed E-state index contributed by atoms with van der Waals surface area (Å²) >= 11 is 0. The van der Waals surface area contributed by atoms with Crippen LogP contribution >= 0.6 is 0 Å². The molecule has 1 aromatic carbocycles. The van der Waals surface area contributed by atoms with Crippen molar-refractivity contribution in [3.63, 3.8) is 0 Å². The first-order chi connectivity index (χ1) is 10.8. The minimum atomic E-state index is -2.92. The molecule has 2 aliphatic heterocycles. The maximum absolute atomic E-state index is 11.1. The molecule has 0 amide bonds. The van der Waals surface area contributed by atoms with Gasteiger partial charge in [0.05, 0.1) is 10.6 Å². The zero-order valence-electron chi connectivity index (χ0n) is 12.9. The number of benzene rings is 1. The Kier molecular flexibility index (Phi) is 6.98. The van der Waals surface area contributed by atoms with Gasteiger partial charge in [-0.15, -0.1) is 0 Å². The summed E-state index contributed by atoms with van der Waals surface area (Å²) < 4.78 is 22.2. The molecular weight excluding hydrogens is 320 g/mol. The van der Waals surface area contributed by atoms with Gasteiger partial charge in [-0.3, -0.25) is 10.2 Å². The summed E-state index contributed by atoms with van der Waals surface area (Å²) in [6, 6.07) is 6.46. The lowest BCUT2D eigenvalue weighted by Gasteiger charge is -2.10. The van der Waals surface area contributed by atoms with Gasteiger partial charge in [0.1, 0.15) is 6.04 Å². The number of sulfone groups is 1. The predicted molar refractivity (Wildman–Crippen MR) is 87.0 cm³/mol. The molecule has 128 valence electrons. The number of nitrogens with one attached hydrogen (secondary N) is 3. The Bertz CT molecular complexity index is 643. The molecule has 0 saturated heterocycles. The molecule has 6 N–H and O–H groups in total. The van der Waals surface area contributed by atoms with Gasteiger partial charge < -0.3 is 21.5 Å². The summed E-state index contributed by atoms with van der Waals surface area (Å²) in [5.74, 6) is -0.753. The fraction of sp³-hybridized carbons (Fsp3) is 0.429. The van der Waals surface area contributed by atoms with E-state index in [0.29, 0.717) is 24.3 Å². The van der Waals surface area contributed by atoms with Crippen LogP contribution < -0.4 is 16.4 Å². The van der Waals surface area contributed by atoms with Crippen molar-refractivity contribution in [3.8, 4) is 0 Å². The molecule has 8 nitrogen and oxygen atoms in total. The van der Waals surface area contributed by atoms with Crippen LogP contribution in [0.25, 0.3) is 0 Å². The SMILES string of the molecule is CN[C@@H](CCCNC(=N)N)C(=O)O.O=S1(=O)Cc2ccc1cc2. The second-order valence-corrected chi connectivity index (χ2v) is 7.05. The Morgan fingerprint density at radius 3 is 2.30 bits per heavy atom. The van der Waals surface area contributed by atoms with Crippen molar-refractivity contribution in [2.45, 2.75) is 29.5 Å². The fourth-order valence-corrected chi connectivity index (χ4v) is 3.36. The van der Waals surface area contributed by atoms with Crippen LogP contribution in [0.5, 0.6) is 0 Å². The second-order valence-electron chi connectivity index (χ2n) is 5.07. The Morgan fingerprint density at radius 2 is 2.00 bits per heavy atom. The minimum absolute atomic E-state index is 0.0867. The molecule has 0 aromatic heterocycles. The van der Waals surface area contributed by atoms with Gasteiger partial charge in [0, 0.05) is 6.54 Å². The van der Waals surface area contributed by atoms with E-state index in [1.807, 2.05) is 12.1 Å². The van der Waals surface area contributed by atoms with Crippen LogP contribution in [0.2, 0.25) is 0 Å². The molecule has 9 heteroatoms. The predicted octanol–water partition coefficient (Wildman–Crippen LogP) is -0.104. The van der Waals surface area contributed by atoms with Gasteiger partial charge in [-0.2, -0.15) is 0 Å². The number of guanidine groups is 1. The minimum Gasteiger partial charge on any atom is -0.480 e. The molecular formula is C14H22N4O4S. The summed E-state index contributed by atoms with van der Waals surface area (Å²) in [4.78, 5) is 11.0. The Morgan fingerprint density at radius 1 is 1.39 bits per heavy atom. The van der Waals surface area contributed by atoms with Crippen LogP contribution in [0.15, 0.2) is 29.2 Å². The highest BCUT2D eigenvalue weighted by Crippen LogP contribution is 2.22. The smallest absolute Gasteiger partial charge is 0.320 e. The van der Waals surface area contributed by atoms with Gasteiger partial charge in [0.2, 0.25) is 0 Å². The maximum atomic E-state index is 11.1. The second kappa shape index (κ2) is 8.49. The molecule has 0 saturated carbocycles. The first-order valence-electron chi connectivity index (χ1n) is 7.06. The molecule has 0 spiro atoms. The third-order valence-electron chi connectivity index (χ3n) is 3.27. The van der Waals surface area contributed by atoms with E-state index in [4.69, 9.17) is 16.2 Å². The summed E-state index contributed by atoms with van der Waals surface area (Å²) in [7, 11) is -1.31. The molecule has 2 heterocycles. The Labute approximate surface area is 135 Å². The lowest BCUT2D eigenvalue weighted by atomic mass is 10.1. The van der Waals surface area contributed by atoms with Crippen LogP contribution in [0.4, 0.5) is 0 Å².